The number of nitrogens with zero attached hydrogens (tertiary/aromatic N) is 1. The molecule has 0 bridgehead atoms. The molecule has 0 atom stereocenters. The average molecular weight is 250 g/mol. The number of anilines is 1. The Hall–Kier alpha value is -2.44. The first-order valence-electron chi connectivity index (χ1n) is 5.49. The van der Waals surface area contributed by atoms with Gasteiger partial charge in [-0.05, 0) is 12.5 Å². The quantitative estimate of drug-likeness (QED) is 0.470. The molecule has 7 nitrogen and oxygen atoms in total. The number of H-pyrrole nitrogens is 1. The van der Waals surface area contributed by atoms with Gasteiger partial charge in [0.05, 0.1) is 24.0 Å². The molecule has 0 aliphatic rings. The van der Waals surface area contributed by atoms with E-state index in [0.717, 1.165) is 10.9 Å². The summed E-state index contributed by atoms with van der Waals surface area (Å²) in [7, 11) is 0. The maximum Gasteiger partial charge on any atom is 0.404 e. The van der Waals surface area contributed by atoms with Gasteiger partial charge in [-0.25, -0.2) is 4.79 Å². The van der Waals surface area contributed by atoms with Crippen molar-refractivity contribution in [2.24, 2.45) is 0 Å². The van der Waals surface area contributed by atoms with Crippen LogP contribution in [0.1, 0.15) is 6.42 Å². The molecule has 0 saturated carbocycles. The Balaban J connectivity index is 1.90. The highest BCUT2D eigenvalue weighted by Gasteiger charge is 2.04. The lowest BCUT2D eigenvalue weighted by Gasteiger charge is -2.08. The van der Waals surface area contributed by atoms with E-state index >= 15 is 0 Å². The van der Waals surface area contributed by atoms with E-state index in [2.05, 4.69) is 15.5 Å². The van der Waals surface area contributed by atoms with Crippen molar-refractivity contribution in [2.75, 3.05) is 18.9 Å². The standard InChI is InChI=1S/C11H14N4O3/c12-8-4-7-6-14-15-9(7)5-10(8)18-3-1-2-13-11(16)17/h4-6,13H,1-3,12H2,(H,14,15)(H,16,17). The van der Waals surface area contributed by atoms with Crippen LogP contribution in [0.3, 0.4) is 0 Å². The van der Waals surface area contributed by atoms with Crippen molar-refractivity contribution in [3.05, 3.63) is 18.3 Å². The van der Waals surface area contributed by atoms with Gasteiger partial charge in [0.2, 0.25) is 0 Å². The number of benzene rings is 1. The predicted molar refractivity (Wildman–Crippen MR) is 66.6 cm³/mol. The third kappa shape index (κ3) is 2.82. The van der Waals surface area contributed by atoms with Crippen molar-refractivity contribution in [1.82, 2.24) is 15.5 Å². The number of hydrogen-bond donors (Lipinski definition) is 4. The zero-order valence-corrected chi connectivity index (χ0v) is 9.64. The number of hydrogen-bond acceptors (Lipinski definition) is 4. The lowest BCUT2D eigenvalue weighted by atomic mass is 10.2. The molecule has 0 spiro atoms. The molecule has 0 saturated heterocycles. The molecule has 1 heterocycles. The van der Waals surface area contributed by atoms with E-state index in [0.29, 0.717) is 31.0 Å². The van der Waals surface area contributed by atoms with Crippen LogP contribution in [0, 0.1) is 0 Å². The minimum atomic E-state index is -1.03. The largest absolute Gasteiger partial charge is 0.491 e. The van der Waals surface area contributed by atoms with E-state index in [1.165, 1.54) is 0 Å². The Morgan fingerprint density at radius 1 is 1.56 bits per heavy atom. The third-order valence-electron chi connectivity index (χ3n) is 2.43. The highest BCUT2D eigenvalue weighted by Crippen LogP contribution is 2.26. The average Bonchev–Trinajstić information content (AvgIpc) is 2.75. The SMILES string of the molecule is Nc1cc2cn[nH]c2cc1OCCCNC(=O)O. The van der Waals surface area contributed by atoms with Crippen LogP contribution in [0.15, 0.2) is 18.3 Å². The Kier molecular flexibility index (Phi) is 3.52. The Morgan fingerprint density at radius 2 is 2.39 bits per heavy atom. The van der Waals surface area contributed by atoms with Gasteiger partial charge in [0.25, 0.3) is 0 Å². The number of aromatic nitrogens is 2. The predicted octanol–water partition coefficient (Wildman–Crippen LogP) is 1.18. The summed E-state index contributed by atoms with van der Waals surface area (Å²) in [6.45, 7) is 0.742. The monoisotopic (exact) mass is 250 g/mol. The van der Waals surface area contributed by atoms with Crippen molar-refractivity contribution in [3.63, 3.8) is 0 Å². The molecule has 2 aromatic rings. The normalized spacial score (nSPS) is 10.4. The summed E-state index contributed by atoms with van der Waals surface area (Å²) < 4.78 is 5.49. The highest BCUT2D eigenvalue weighted by molar-refractivity contribution is 5.84. The molecule has 2 rings (SSSR count). The molecule has 0 fully saturated rings. The first-order valence-corrected chi connectivity index (χ1v) is 5.49. The number of carboxylic acid groups (broad SMARTS) is 1. The Morgan fingerprint density at radius 3 is 3.17 bits per heavy atom. The number of nitrogens with one attached hydrogen (secondary N) is 2. The van der Waals surface area contributed by atoms with Crippen LogP contribution in [0.25, 0.3) is 10.9 Å². The smallest absolute Gasteiger partial charge is 0.404 e. The van der Waals surface area contributed by atoms with Gasteiger partial charge in [0, 0.05) is 18.0 Å². The van der Waals surface area contributed by atoms with Gasteiger partial charge in [0.15, 0.2) is 0 Å². The third-order valence-corrected chi connectivity index (χ3v) is 2.43. The van der Waals surface area contributed by atoms with Gasteiger partial charge in [-0.1, -0.05) is 0 Å². The Bertz CT molecular complexity index is 552. The van der Waals surface area contributed by atoms with E-state index < -0.39 is 6.09 Å². The highest BCUT2D eigenvalue weighted by atomic mass is 16.5. The second kappa shape index (κ2) is 5.26. The molecular weight excluding hydrogens is 236 g/mol. The number of amides is 1. The lowest BCUT2D eigenvalue weighted by molar-refractivity contribution is 0.193. The molecule has 1 aromatic heterocycles. The molecule has 1 amide bonds. The number of fused-ring (bicyclic) bond motifs is 1. The first kappa shape index (κ1) is 12.0. The zero-order chi connectivity index (χ0) is 13.0. The van der Waals surface area contributed by atoms with Gasteiger partial charge in [-0.15, -0.1) is 0 Å². The van der Waals surface area contributed by atoms with Crippen molar-refractivity contribution < 1.29 is 14.6 Å². The number of carbonyl (C=O) groups is 1. The van der Waals surface area contributed by atoms with Crippen molar-refractivity contribution >= 4 is 22.7 Å². The van der Waals surface area contributed by atoms with E-state index in [4.69, 9.17) is 15.6 Å². The van der Waals surface area contributed by atoms with Crippen LogP contribution in [-0.4, -0.2) is 34.5 Å². The molecule has 18 heavy (non-hydrogen) atoms. The number of aromatic amines is 1. The summed E-state index contributed by atoms with van der Waals surface area (Å²) in [5.74, 6) is 0.571. The van der Waals surface area contributed by atoms with Gasteiger partial charge in [-0.2, -0.15) is 5.10 Å². The molecule has 96 valence electrons. The Labute approximate surface area is 103 Å². The van der Waals surface area contributed by atoms with Crippen LogP contribution in [-0.2, 0) is 0 Å². The van der Waals surface area contributed by atoms with E-state index in [1.807, 2.05) is 0 Å². The van der Waals surface area contributed by atoms with Crippen LogP contribution < -0.4 is 15.8 Å². The lowest BCUT2D eigenvalue weighted by Crippen LogP contribution is -2.23. The van der Waals surface area contributed by atoms with Crippen LogP contribution in [0.5, 0.6) is 5.75 Å². The van der Waals surface area contributed by atoms with Gasteiger partial charge in [0.1, 0.15) is 5.75 Å². The number of rotatable bonds is 5. The maximum atomic E-state index is 10.2. The molecule has 0 aliphatic heterocycles. The molecule has 0 aliphatic carbocycles. The fraction of sp³-hybridized carbons (Fsp3) is 0.273. The van der Waals surface area contributed by atoms with Gasteiger partial charge >= 0.3 is 6.09 Å². The van der Waals surface area contributed by atoms with Crippen LogP contribution >= 0.6 is 0 Å². The first-order chi connectivity index (χ1) is 8.66. The van der Waals surface area contributed by atoms with E-state index in [1.54, 1.807) is 18.3 Å². The van der Waals surface area contributed by atoms with Crippen LogP contribution in [0.2, 0.25) is 0 Å². The van der Waals surface area contributed by atoms with E-state index in [-0.39, 0.29) is 0 Å². The number of nitrogens with two attached hydrogens (primary N) is 1. The zero-order valence-electron chi connectivity index (χ0n) is 9.64. The van der Waals surface area contributed by atoms with Gasteiger partial charge in [-0.3, -0.25) is 5.10 Å². The topological polar surface area (TPSA) is 113 Å². The summed E-state index contributed by atoms with van der Waals surface area (Å²) in [4.78, 5) is 10.2. The van der Waals surface area contributed by atoms with Gasteiger partial charge < -0.3 is 20.9 Å². The molecular formula is C11H14N4O3. The van der Waals surface area contributed by atoms with Crippen molar-refractivity contribution in [3.8, 4) is 5.75 Å². The number of ether oxygens (including phenoxy) is 1. The fourth-order valence-electron chi connectivity index (χ4n) is 1.56. The molecule has 7 heteroatoms. The second-order valence-corrected chi connectivity index (χ2v) is 3.78. The summed E-state index contributed by atoms with van der Waals surface area (Å²) in [5.41, 5.74) is 7.22. The minimum Gasteiger partial charge on any atom is -0.491 e. The van der Waals surface area contributed by atoms with Crippen LogP contribution in [0.4, 0.5) is 10.5 Å². The number of nitrogen functional groups attached to an aromatic ring is 1. The second-order valence-electron chi connectivity index (χ2n) is 3.78. The minimum absolute atomic E-state index is 0.349. The molecule has 5 N–H and O–H groups in total. The fourth-order valence-corrected chi connectivity index (χ4v) is 1.56. The summed E-state index contributed by atoms with van der Waals surface area (Å²) in [6.07, 6.45) is 1.23. The molecule has 0 unspecified atom stereocenters. The summed E-state index contributed by atoms with van der Waals surface area (Å²) in [5, 5.41) is 18.3. The van der Waals surface area contributed by atoms with Crippen molar-refractivity contribution in [2.45, 2.75) is 6.42 Å². The molecule has 0 radical (unpaired) electrons. The van der Waals surface area contributed by atoms with Crippen molar-refractivity contribution in [1.29, 1.82) is 0 Å². The maximum absolute atomic E-state index is 10.2. The molecule has 1 aromatic carbocycles. The van der Waals surface area contributed by atoms with E-state index in [9.17, 15) is 4.79 Å². The summed E-state index contributed by atoms with van der Waals surface area (Å²) in [6, 6.07) is 3.56. The summed E-state index contributed by atoms with van der Waals surface area (Å²) >= 11 is 0.